The van der Waals surface area contributed by atoms with E-state index in [1.807, 2.05) is 30.3 Å². The Hall–Kier alpha value is -2.29. The first-order valence-corrected chi connectivity index (χ1v) is 5.52. The van der Waals surface area contributed by atoms with Crippen molar-refractivity contribution in [3.8, 4) is 11.1 Å². The predicted octanol–water partition coefficient (Wildman–Crippen LogP) is 2.83. The van der Waals surface area contributed by atoms with Gasteiger partial charge in [-0.2, -0.15) is 0 Å². The molecule has 2 N–H and O–H groups in total. The summed E-state index contributed by atoms with van der Waals surface area (Å²) in [6, 6.07) is 14.2. The van der Waals surface area contributed by atoms with Gasteiger partial charge in [-0.25, -0.2) is 4.79 Å². The molecule has 3 aromatic rings. The summed E-state index contributed by atoms with van der Waals surface area (Å²) in [6.45, 7) is 2.08. The fourth-order valence-corrected chi connectivity index (χ4v) is 2.10. The van der Waals surface area contributed by atoms with E-state index >= 15 is 0 Å². The highest BCUT2D eigenvalue weighted by Crippen LogP contribution is 2.25. The molecule has 0 fully saturated rings. The number of aryl methyl sites for hydroxylation is 1. The van der Waals surface area contributed by atoms with Crippen molar-refractivity contribution < 1.29 is 0 Å². The molecule has 0 saturated heterocycles. The van der Waals surface area contributed by atoms with Gasteiger partial charge in [-0.3, -0.25) is 0 Å². The monoisotopic (exact) mass is 224 g/mol. The number of fused-ring (bicyclic) bond motifs is 1. The molecule has 0 aliphatic carbocycles. The molecular weight excluding hydrogens is 212 g/mol. The third-order valence-corrected chi connectivity index (χ3v) is 2.97. The molecule has 0 amide bonds. The van der Waals surface area contributed by atoms with Crippen molar-refractivity contribution in [3.63, 3.8) is 0 Å². The first kappa shape index (κ1) is 9.90. The van der Waals surface area contributed by atoms with Gasteiger partial charge in [0.15, 0.2) is 0 Å². The fourth-order valence-electron chi connectivity index (χ4n) is 2.10. The molecule has 1 aromatic heterocycles. The number of rotatable bonds is 1. The Kier molecular flexibility index (Phi) is 2.11. The smallest absolute Gasteiger partial charge is 0.306 e. The maximum Gasteiger partial charge on any atom is 0.323 e. The molecule has 84 valence electrons. The number of H-pyrrole nitrogens is 2. The number of nitrogens with one attached hydrogen (secondary N) is 2. The molecule has 2 aromatic carbocycles. The molecule has 0 unspecified atom stereocenters. The van der Waals surface area contributed by atoms with E-state index in [2.05, 4.69) is 29.0 Å². The minimum atomic E-state index is -0.165. The number of imidazole rings is 1. The average molecular weight is 224 g/mol. The second-order valence-electron chi connectivity index (χ2n) is 4.15. The number of hydrogen-bond donors (Lipinski definition) is 2. The Balaban J connectivity index is 2.24. The van der Waals surface area contributed by atoms with E-state index in [9.17, 15) is 4.79 Å². The SMILES string of the molecule is Cc1ccccc1-c1ccc2[nH]c(=O)[nH]c2c1. The third-order valence-electron chi connectivity index (χ3n) is 2.97. The van der Waals surface area contributed by atoms with Crippen molar-refractivity contribution in [1.82, 2.24) is 9.97 Å². The summed E-state index contributed by atoms with van der Waals surface area (Å²) in [5.41, 5.74) is 5.05. The number of benzene rings is 2. The highest BCUT2D eigenvalue weighted by atomic mass is 16.1. The number of hydrogen-bond acceptors (Lipinski definition) is 1. The second-order valence-corrected chi connectivity index (χ2v) is 4.15. The minimum absolute atomic E-state index is 0.165. The van der Waals surface area contributed by atoms with Crippen molar-refractivity contribution in [1.29, 1.82) is 0 Å². The maximum absolute atomic E-state index is 11.2. The van der Waals surface area contributed by atoms with Crippen molar-refractivity contribution in [3.05, 3.63) is 58.5 Å². The zero-order chi connectivity index (χ0) is 11.8. The van der Waals surface area contributed by atoms with Crippen LogP contribution in [0.2, 0.25) is 0 Å². The van der Waals surface area contributed by atoms with Crippen molar-refractivity contribution >= 4 is 11.0 Å². The molecule has 0 aliphatic heterocycles. The summed E-state index contributed by atoms with van der Waals surface area (Å²) >= 11 is 0. The minimum Gasteiger partial charge on any atom is -0.306 e. The standard InChI is InChI=1S/C14H12N2O/c1-9-4-2-3-5-11(9)10-6-7-12-13(8-10)16-14(17)15-12/h2-8H,1H3,(H2,15,16,17). The summed E-state index contributed by atoms with van der Waals surface area (Å²) in [4.78, 5) is 16.7. The lowest BCUT2D eigenvalue weighted by molar-refractivity contribution is 1.22. The second kappa shape index (κ2) is 3.63. The van der Waals surface area contributed by atoms with Gasteiger partial charge in [0.2, 0.25) is 0 Å². The average Bonchev–Trinajstić information content (AvgIpc) is 2.68. The fraction of sp³-hybridized carbons (Fsp3) is 0.0714. The molecule has 1 heterocycles. The summed E-state index contributed by atoms with van der Waals surface area (Å²) in [5, 5.41) is 0. The molecule has 3 rings (SSSR count). The Labute approximate surface area is 98.1 Å². The van der Waals surface area contributed by atoms with E-state index in [4.69, 9.17) is 0 Å². The van der Waals surface area contributed by atoms with Gasteiger partial charge in [0.1, 0.15) is 0 Å². The van der Waals surface area contributed by atoms with E-state index in [1.165, 1.54) is 11.1 Å². The van der Waals surface area contributed by atoms with Gasteiger partial charge >= 0.3 is 5.69 Å². The molecule has 3 nitrogen and oxygen atoms in total. The summed E-state index contributed by atoms with van der Waals surface area (Å²) in [7, 11) is 0. The van der Waals surface area contributed by atoms with Gasteiger partial charge in [-0.1, -0.05) is 30.3 Å². The third kappa shape index (κ3) is 1.65. The van der Waals surface area contributed by atoms with Crippen LogP contribution in [-0.4, -0.2) is 9.97 Å². The van der Waals surface area contributed by atoms with Crippen LogP contribution in [-0.2, 0) is 0 Å². The van der Waals surface area contributed by atoms with E-state index < -0.39 is 0 Å². The normalized spacial score (nSPS) is 10.9. The highest BCUT2D eigenvalue weighted by Gasteiger charge is 2.03. The molecule has 0 radical (unpaired) electrons. The van der Waals surface area contributed by atoms with Crippen LogP contribution >= 0.6 is 0 Å². The lowest BCUT2D eigenvalue weighted by Gasteiger charge is -2.05. The summed E-state index contributed by atoms with van der Waals surface area (Å²) in [6.07, 6.45) is 0. The molecule has 0 aliphatic rings. The lowest BCUT2D eigenvalue weighted by Crippen LogP contribution is -1.99. The van der Waals surface area contributed by atoms with Crippen LogP contribution in [0.25, 0.3) is 22.2 Å². The van der Waals surface area contributed by atoms with Crippen LogP contribution in [0.1, 0.15) is 5.56 Å². The van der Waals surface area contributed by atoms with E-state index in [0.29, 0.717) is 0 Å². The van der Waals surface area contributed by atoms with E-state index in [1.54, 1.807) is 0 Å². The first-order valence-electron chi connectivity index (χ1n) is 5.52. The molecular formula is C14H12N2O. The molecule has 0 atom stereocenters. The summed E-state index contributed by atoms with van der Waals surface area (Å²) in [5.74, 6) is 0. The van der Waals surface area contributed by atoms with E-state index in [0.717, 1.165) is 16.6 Å². The van der Waals surface area contributed by atoms with Crippen LogP contribution < -0.4 is 5.69 Å². The van der Waals surface area contributed by atoms with Crippen LogP contribution in [0.15, 0.2) is 47.3 Å². The zero-order valence-electron chi connectivity index (χ0n) is 9.45. The van der Waals surface area contributed by atoms with Crippen molar-refractivity contribution in [2.75, 3.05) is 0 Å². The molecule has 0 spiro atoms. The van der Waals surface area contributed by atoms with Crippen LogP contribution in [0, 0.1) is 6.92 Å². The largest absolute Gasteiger partial charge is 0.323 e. The first-order chi connectivity index (χ1) is 8.24. The number of aromatic amines is 2. The van der Waals surface area contributed by atoms with Crippen molar-refractivity contribution in [2.24, 2.45) is 0 Å². The molecule has 0 bridgehead atoms. The van der Waals surface area contributed by atoms with Gasteiger partial charge < -0.3 is 9.97 Å². The molecule has 0 saturated carbocycles. The zero-order valence-corrected chi connectivity index (χ0v) is 9.45. The Morgan fingerprint density at radius 3 is 2.53 bits per heavy atom. The predicted molar refractivity (Wildman–Crippen MR) is 69.1 cm³/mol. The van der Waals surface area contributed by atoms with Crippen LogP contribution in [0.5, 0.6) is 0 Å². The Morgan fingerprint density at radius 1 is 0.941 bits per heavy atom. The van der Waals surface area contributed by atoms with Gasteiger partial charge in [-0.15, -0.1) is 0 Å². The molecule has 3 heteroatoms. The van der Waals surface area contributed by atoms with Gasteiger partial charge in [-0.05, 0) is 35.7 Å². The van der Waals surface area contributed by atoms with Gasteiger partial charge in [0, 0.05) is 0 Å². The lowest BCUT2D eigenvalue weighted by atomic mass is 10.0. The molecule has 17 heavy (non-hydrogen) atoms. The van der Waals surface area contributed by atoms with Crippen LogP contribution in [0.4, 0.5) is 0 Å². The summed E-state index contributed by atoms with van der Waals surface area (Å²) < 4.78 is 0. The Bertz CT molecular complexity index is 737. The Morgan fingerprint density at radius 2 is 1.71 bits per heavy atom. The highest BCUT2D eigenvalue weighted by molar-refractivity contribution is 5.82. The topological polar surface area (TPSA) is 48.6 Å². The van der Waals surface area contributed by atoms with E-state index in [-0.39, 0.29) is 5.69 Å². The maximum atomic E-state index is 11.2. The van der Waals surface area contributed by atoms with Crippen molar-refractivity contribution in [2.45, 2.75) is 6.92 Å². The van der Waals surface area contributed by atoms with Gasteiger partial charge in [0.25, 0.3) is 0 Å². The quantitative estimate of drug-likeness (QED) is 0.656. The number of aromatic nitrogens is 2. The van der Waals surface area contributed by atoms with Crippen LogP contribution in [0.3, 0.4) is 0 Å². The van der Waals surface area contributed by atoms with Gasteiger partial charge in [0.05, 0.1) is 11.0 Å².